The lowest BCUT2D eigenvalue weighted by Gasteiger charge is -2.39. The highest BCUT2D eigenvalue weighted by Crippen LogP contribution is 2.19. The lowest BCUT2D eigenvalue weighted by molar-refractivity contribution is 0.0803. The average Bonchev–Trinajstić information content (AvgIpc) is 2.17. The van der Waals surface area contributed by atoms with Gasteiger partial charge in [-0.2, -0.15) is 0 Å². The van der Waals surface area contributed by atoms with Crippen LogP contribution in [-0.4, -0.2) is 59.3 Å². The first-order valence-corrected chi connectivity index (χ1v) is 4.83. The summed E-state index contributed by atoms with van der Waals surface area (Å²) < 4.78 is 0. The zero-order valence-corrected chi connectivity index (χ0v) is 7.90. The zero-order valence-electron chi connectivity index (χ0n) is 7.90. The zero-order chi connectivity index (χ0) is 8.72. The molecule has 0 aromatic heterocycles. The number of hydrogen-bond acceptors (Lipinski definition) is 3. The third-order valence-corrected chi connectivity index (χ3v) is 3.13. The van der Waals surface area contributed by atoms with Crippen LogP contribution in [0.1, 0.15) is 13.8 Å². The summed E-state index contributed by atoms with van der Waals surface area (Å²) in [5, 5.41) is 9.62. The van der Waals surface area contributed by atoms with E-state index in [0.717, 1.165) is 26.2 Å². The first-order valence-electron chi connectivity index (χ1n) is 4.83. The Labute approximate surface area is 74.0 Å². The Morgan fingerprint density at radius 1 is 0.917 bits per heavy atom. The number of hydrogen-bond donors (Lipinski definition) is 1. The van der Waals surface area contributed by atoms with Gasteiger partial charge in [0.25, 0.3) is 0 Å². The molecule has 12 heavy (non-hydrogen) atoms. The van der Waals surface area contributed by atoms with Gasteiger partial charge >= 0.3 is 0 Å². The molecule has 0 amide bonds. The van der Waals surface area contributed by atoms with Crippen molar-refractivity contribution < 1.29 is 5.11 Å². The molecule has 0 radical (unpaired) electrons. The van der Waals surface area contributed by atoms with E-state index in [2.05, 4.69) is 23.6 Å². The highest BCUT2D eigenvalue weighted by Gasteiger charge is 2.34. The van der Waals surface area contributed by atoms with Gasteiger partial charge in [0, 0.05) is 38.3 Å². The minimum absolute atomic E-state index is 0.139. The lowest BCUT2D eigenvalue weighted by Crippen LogP contribution is -2.53. The number of piperazine rings is 1. The van der Waals surface area contributed by atoms with E-state index in [1.165, 1.54) is 0 Å². The third kappa shape index (κ3) is 1.37. The van der Waals surface area contributed by atoms with Gasteiger partial charge < -0.3 is 5.11 Å². The predicted octanol–water partition coefficient (Wildman–Crippen LogP) is -0.244. The largest absolute Gasteiger partial charge is 0.390 e. The average molecular weight is 170 g/mol. The minimum Gasteiger partial charge on any atom is -0.390 e. The Balaban J connectivity index is 2.14. The molecule has 3 heterocycles. The molecule has 3 saturated heterocycles. The SMILES string of the molecule is CC1CN2CC(O)CN1C[C@H]2C. The summed E-state index contributed by atoms with van der Waals surface area (Å²) in [6.45, 7) is 8.47. The van der Waals surface area contributed by atoms with E-state index >= 15 is 0 Å². The van der Waals surface area contributed by atoms with E-state index in [9.17, 15) is 5.11 Å². The molecular formula is C9H18N2O. The molecule has 2 bridgehead atoms. The Morgan fingerprint density at radius 2 is 1.33 bits per heavy atom. The summed E-state index contributed by atoms with van der Waals surface area (Å²) in [6.07, 6.45) is -0.139. The Bertz CT molecular complexity index is 152. The second kappa shape index (κ2) is 2.98. The van der Waals surface area contributed by atoms with E-state index < -0.39 is 0 Å². The second-order valence-corrected chi connectivity index (χ2v) is 4.26. The van der Waals surface area contributed by atoms with Crippen LogP contribution in [0, 0.1) is 0 Å². The van der Waals surface area contributed by atoms with Crippen LogP contribution in [-0.2, 0) is 0 Å². The quantitative estimate of drug-likeness (QED) is 0.543. The molecule has 3 aliphatic heterocycles. The van der Waals surface area contributed by atoms with Crippen molar-refractivity contribution in [2.24, 2.45) is 0 Å². The molecule has 4 unspecified atom stereocenters. The van der Waals surface area contributed by atoms with Gasteiger partial charge in [0.2, 0.25) is 0 Å². The molecule has 3 fully saturated rings. The van der Waals surface area contributed by atoms with Gasteiger partial charge in [-0.1, -0.05) is 0 Å². The van der Waals surface area contributed by atoms with Crippen molar-refractivity contribution in [3.63, 3.8) is 0 Å². The number of nitrogens with zero attached hydrogens (tertiary/aromatic N) is 2. The van der Waals surface area contributed by atoms with Crippen molar-refractivity contribution in [2.75, 3.05) is 26.2 Å². The van der Waals surface area contributed by atoms with E-state index in [4.69, 9.17) is 0 Å². The summed E-state index contributed by atoms with van der Waals surface area (Å²) in [4.78, 5) is 4.80. The fourth-order valence-corrected chi connectivity index (χ4v) is 2.38. The highest BCUT2D eigenvalue weighted by molar-refractivity contribution is 4.90. The fraction of sp³-hybridized carbons (Fsp3) is 1.00. The van der Waals surface area contributed by atoms with Crippen LogP contribution in [0.5, 0.6) is 0 Å². The van der Waals surface area contributed by atoms with Crippen LogP contribution < -0.4 is 0 Å². The molecule has 1 N–H and O–H groups in total. The smallest absolute Gasteiger partial charge is 0.0794 e. The maximum atomic E-state index is 9.62. The van der Waals surface area contributed by atoms with Crippen LogP contribution in [0.2, 0.25) is 0 Å². The molecule has 0 aliphatic carbocycles. The van der Waals surface area contributed by atoms with Crippen LogP contribution >= 0.6 is 0 Å². The lowest BCUT2D eigenvalue weighted by atomic mass is 10.1. The van der Waals surface area contributed by atoms with Crippen molar-refractivity contribution in [1.29, 1.82) is 0 Å². The molecule has 0 spiro atoms. The van der Waals surface area contributed by atoms with Gasteiger partial charge in [0.05, 0.1) is 6.10 Å². The van der Waals surface area contributed by atoms with Crippen molar-refractivity contribution in [2.45, 2.75) is 32.0 Å². The van der Waals surface area contributed by atoms with Crippen molar-refractivity contribution in [3.05, 3.63) is 0 Å². The van der Waals surface area contributed by atoms with E-state index in [1.807, 2.05) is 0 Å². The molecule has 0 saturated carbocycles. The molecule has 3 nitrogen and oxygen atoms in total. The topological polar surface area (TPSA) is 26.7 Å². The first-order chi connectivity index (χ1) is 5.66. The molecular weight excluding hydrogens is 152 g/mol. The molecule has 3 aliphatic rings. The summed E-state index contributed by atoms with van der Waals surface area (Å²) in [5.41, 5.74) is 0. The monoisotopic (exact) mass is 170 g/mol. The maximum absolute atomic E-state index is 9.62. The number of aliphatic hydroxyl groups excluding tert-OH is 1. The van der Waals surface area contributed by atoms with Gasteiger partial charge in [-0.15, -0.1) is 0 Å². The second-order valence-electron chi connectivity index (χ2n) is 4.26. The van der Waals surface area contributed by atoms with E-state index in [-0.39, 0.29) is 6.10 Å². The summed E-state index contributed by atoms with van der Waals surface area (Å²) in [7, 11) is 0. The van der Waals surface area contributed by atoms with Crippen molar-refractivity contribution >= 4 is 0 Å². The molecule has 5 atom stereocenters. The summed E-state index contributed by atoms with van der Waals surface area (Å²) in [6, 6.07) is 1.25. The Morgan fingerprint density at radius 3 is 1.75 bits per heavy atom. The normalized spacial score (nSPS) is 53.8. The fourth-order valence-electron chi connectivity index (χ4n) is 2.38. The predicted molar refractivity (Wildman–Crippen MR) is 48.1 cm³/mol. The van der Waals surface area contributed by atoms with Crippen LogP contribution in [0.15, 0.2) is 0 Å². The Hall–Kier alpha value is -0.120. The molecule has 3 rings (SSSR count). The van der Waals surface area contributed by atoms with Crippen LogP contribution in [0.4, 0.5) is 0 Å². The van der Waals surface area contributed by atoms with Crippen LogP contribution in [0.25, 0.3) is 0 Å². The first kappa shape index (κ1) is 8.48. The highest BCUT2D eigenvalue weighted by atomic mass is 16.3. The number of aliphatic hydroxyl groups is 1. The van der Waals surface area contributed by atoms with Gasteiger partial charge in [0.1, 0.15) is 0 Å². The van der Waals surface area contributed by atoms with Gasteiger partial charge in [0.15, 0.2) is 0 Å². The molecule has 70 valence electrons. The van der Waals surface area contributed by atoms with Gasteiger partial charge in [-0.25, -0.2) is 0 Å². The van der Waals surface area contributed by atoms with E-state index in [1.54, 1.807) is 0 Å². The molecule has 0 aromatic rings. The third-order valence-electron chi connectivity index (χ3n) is 3.13. The van der Waals surface area contributed by atoms with Crippen molar-refractivity contribution in [3.8, 4) is 0 Å². The summed E-state index contributed by atoms with van der Waals surface area (Å²) in [5.74, 6) is 0. The Kier molecular flexibility index (Phi) is 2.10. The summed E-state index contributed by atoms with van der Waals surface area (Å²) >= 11 is 0. The minimum atomic E-state index is -0.139. The van der Waals surface area contributed by atoms with Crippen LogP contribution in [0.3, 0.4) is 0 Å². The van der Waals surface area contributed by atoms with Gasteiger partial charge in [-0.3, -0.25) is 9.80 Å². The maximum Gasteiger partial charge on any atom is 0.0794 e. The molecule has 0 aromatic carbocycles. The number of rotatable bonds is 0. The molecule has 3 heteroatoms. The van der Waals surface area contributed by atoms with Gasteiger partial charge in [-0.05, 0) is 13.8 Å². The number of fused-ring (bicyclic) bond motifs is 4. The van der Waals surface area contributed by atoms with E-state index in [0.29, 0.717) is 12.1 Å². The van der Waals surface area contributed by atoms with Crippen molar-refractivity contribution in [1.82, 2.24) is 9.80 Å². The standard InChI is InChI=1S/C9H18N2O/c1-7-3-11-6-9(12)5-10(7)4-8(11)2/h7-9,12H,3-6H2,1-2H3/t7-,8?,9?/m1/s1.